The van der Waals surface area contributed by atoms with Crippen molar-refractivity contribution < 1.29 is 45.2 Å². The number of ketones is 2. The van der Waals surface area contributed by atoms with Crippen molar-refractivity contribution in [1.82, 2.24) is 15.1 Å². The monoisotopic (exact) mass is 631 g/mol. The largest absolute Gasteiger partial charge is 0.416 e. The van der Waals surface area contributed by atoms with Crippen LogP contribution >= 0.6 is 11.6 Å². The van der Waals surface area contributed by atoms with E-state index in [2.05, 4.69) is 5.16 Å². The van der Waals surface area contributed by atoms with Gasteiger partial charge in [-0.15, -0.1) is 0 Å². The lowest BCUT2D eigenvalue weighted by atomic mass is 9.99. The molecule has 1 saturated heterocycles. The molecule has 4 N–H and O–H groups in total. The highest BCUT2D eigenvalue weighted by Gasteiger charge is 2.38. The Bertz CT molecular complexity index is 1530. The van der Waals surface area contributed by atoms with E-state index in [0.29, 0.717) is 12.1 Å². The average Bonchev–Trinajstić information content (AvgIpc) is 3.38. The van der Waals surface area contributed by atoms with Crippen LogP contribution in [0.15, 0.2) is 58.5 Å². The molecule has 2 heterocycles. The number of nitrogens with two attached hydrogens (primary N) is 2. The topological polar surface area (TPSA) is 128 Å². The van der Waals surface area contributed by atoms with Crippen LogP contribution in [0.5, 0.6) is 0 Å². The zero-order valence-electron chi connectivity index (χ0n) is 22.4. The van der Waals surface area contributed by atoms with Crippen molar-refractivity contribution in [1.29, 1.82) is 0 Å². The lowest BCUT2D eigenvalue weighted by molar-refractivity contribution is -0.143. The lowest BCUT2D eigenvalue weighted by Crippen LogP contribution is -2.47. The number of Topliss-reactive ketones (excluding diaryl/α,β-unsaturated/α-hetero) is 2. The van der Waals surface area contributed by atoms with Gasteiger partial charge in [0.1, 0.15) is 22.8 Å². The predicted molar refractivity (Wildman–Crippen MR) is 141 cm³/mol. The van der Waals surface area contributed by atoms with Gasteiger partial charge in [0.05, 0.1) is 35.9 Å². The molecule has 0 unspecified atom stereocenters. The van der Waals surface area contributed by atoms with E-state index in [1.807, 2.05) is 0 Å². The Balaban J connectivity index is 1.84. The van der Waals surface area contributed by atoms with E-state index in [1.165, 1.54) is 17.0 Å². The first-order valence-corrected chi connectivity index (χ1v) is 12.9. The molecule has 16 heteroatoms. The minimum atomic E-state index is -5.08. The Kier molecular flexibility index (Phi) is 9.08. The summed E-state index contributed by atoms with van der Waals surface area (Å²) in [6.07, 6.45) is -10.2. The normalized spacial score (nSPS) is 14.9. The summed E-state index contributed by atoms with van der Waals surface area (Å²) in [5.74, 6) is 3.90. The van der Waals surface area contributed by atoms with E-state index in [0.717, 1.165) is 11.9 Å². The van der Waals surface area contributed by atoms with Gasteiger partial charge in [-0.05, 0) is 29.8 Å². The van der Waals surface area contributed by atoms with Gasteiger partial charge in [-0.1, -0.05) is 35.0 Å². The van der Waals surface area contributed by atoms with Crippen LogP contribution in [-0.2, 0) is 23.6 Å². The van der Waals surface area contributed by atoms with Gasteiger partial charge in [-0.3, -0.25) is 14.6 Å². The zero-order chi connectivity index (χ0) is 31.7. The second-order valence-electron chi connectivity index (χ2n) is 9.48. The van der Waals surface area contributed by atoms with Gasteiger partial charge < -0.3 is 19.9 Å². The van der Waals surface area contributed by atoms with Gasteiger partial charge in [-0.2, -0.15) is 26.3 Å². The fourth-order valence-electron chi connectivity index (χ4n) is 4.48. The summed E-state index contributed by atoms with van der Waals surface area (Å²) >= 11 is 6.29. The summed E-state index contributed by atoms with van der Waals surface area (Å²) in [6.45, 7) is 0.947. The van der Waals surface area contributed by atoms with Gasteiger partial charge in [0.15, 0.2) is 5.78 Å². The van der Waals surface area contributed by atoms with E-state index >= 15 is 0 Å². The number of alkyl halides is 6. The van der Waals surface area contributed by atoms with Crippen LogP contribution in [0, 0.1) is 0 Å². The number of aromatic nitrogens is 1. The number of morpholine rings is 1. The fourth-order valence-corrected chi connectivity index (χ4v) is 4.70. The molecule has 0 saturated carbocycles. The molecule has 0 amide bonds. The standard InChI is InChI=1S/C27H24ClF6N5O4/c1-14(40)24-20(22(37-43-24)18-4-2-3-5-19(18)28)23(41)21(35)25(38-6-8-42-9-7-38)39(36)13-15-10-16(26(29,30)31)12-17(11-15)27(32,33)34/h2-5,10-12H,6-9,13,35-36H2,1H3/b25-21-. The number of hydrogen-bond acceptors (Lipinski definition) is 9. The van der Waals surface area contributed by atoms with Gasteiger partial charge >= 0.3 is 12.4 Å². The zero-order valence-corrected chi connectivity index (χ0v) is 23.1. The number of hydrazine groups is 1. The highest BCUT2D eigenvalue weighted by molar-refractivity contribution is 6.33. The molecule has 0 aliphatic carbocycles. The van der Waals surface area contributed by atoms with Crippen LogP contribution in [0.3, 0.4) is 0 Å². The second-order valence-corrected chi connectivity index (χ2v) is 9.89. The van der Waals surface area contributed by atoms with Crippen LogP contribution in [0.25, 0.3) is 11.3 Å². The molecule has 9 nitrogen and oxygen atoms in total. The number of ether oxygens (including phenoxy) is 1. The van der Waals surface area contributed by atoms with Gasteiger partial charge in [0, 0.05) is 25.6 Å². The van der Waals surface area contributed by atoms with Gasteiger partial charge in [-0.25, -0.2) is 5.84 Å². The summed E-state index contributed by atoms with van der Waals surface area (Å²) in [7, 11) is 0. The first-order chi connectivity index (χ1) is 20.1. The predicted octanol–water partition coefficient (Wildman–Crippen LogP) is 5.25. The molecule has 2 aromatic carbocycles. The van der Waals surface area contributed by atoms with Crippen molar-refractivity contribution in [2.45, 2.75) is 25.8 Å². The van der Waals surface area contributed by atoms with E-state index in [9.17, 15) is 35.9 Å². The smallest absolute Gasteiger partial charge is 0.393 e. The van der Waals surface area contributed by atoms with Crippen molar-refractivity contribution >= 4 is 23.2 Å². The summed E-state index contributed by atoms with van der Waals surface area (Å²) in [5.41, 5.74) is 2.01. The summed E-state index contributed by atoms with van der Waals surface area (Å²) < 4.78 is 91.3. The highest BCUT2D eigenvalue weighted by Crippen LogP contribution is 2.37. The van der Waals surface area contributed by atoms with Crippen molar-refractivity contribution in [2.24, 2.45) is 11.6 Å². The molecule has 0 atom stereocenters. The fraction of sp³-hybridized carbons (Fsp3) is 0.296. The first kappa shape index (κ1) is 31.8. The number of carbonyl (C=O) groups is 2. The Morgan fingerprint density at radius 1 is 1.02 bits per heavy atom. The Morgan fingerprint density at radius 2 is 1.60 bits per heavy atom. The van der Waals surface area contributed by atoms with Crippen molar-refractivity contribution in [2.75, 3.05) is 26.3 Å². The third-order valence-electron chi connectivity index (χ3n) is 6.44. The maximum absolute atomic E-state index is 13.9. The Hall–Kier alpha value is -4.08. The van der Waals surface area contributed by atoms with Crippen LogP contribution in [0.4, 0.5) is 26.3 Å². The number of carbonyl (C=O) groups excluding carboxylic acids is 2. The molecule has 4 rings (SSSR count). The van der Waals surface area contributed by atoms with Crippen molar-refractivity contribution in [3.05, 3.63) is 87.0 Å². The number of nitrogens with zero attached hydrogens (tertiary/aromatic N) is 3. The van der Waals surface area contributed by atoms with E-state index in [1.54, 1.807) is 12.1 Å². The molecular formula is C27H24ClF6N5O4. The second kappa shape index (κ2) is 12.3. The quantitative estimate of drug-likeness (QED) is 0.113. The number of rotatable bonds is 8. The Morgan fingerprint density at radius 3 is 2.14 bits per heavy atom. The molecule has 1 aliphatic heterocycles. The third kappa shape index (κ3) is 6.95. The molecule has 3 aromatic rings. The van der Waals surface area contributed by atoms with Gasteiger partial charge in [0.25, 0.3) is 0 Å². The first-order valence-electron chi connectivity index (χ1n) is 12.5. The van der Waals surface area contributed by atoms with Crippen LogP contribution in [0.2, 0.25) is 5.02 Å². The molecule has 1 aromatic heterocycles. The molecule has 0 radical (unpaired) electrons. The summed E-state index contributed by atoms with van der Waals surface area (Å²) in [4.78, 5) is 27.8. The van der Waals surface area contributed by atoms with E-state index in [4.69, 9.17) is 32.4 Å². The summed E-state index contributed by atoms with van der Waals surface area (Å²) in [6, 6.07) is 7.28. The molecule has 230 valence electrons. The van der Waals surface area contributed by atoms with E-state index in [-0.39, 0.29) is 60.0 Å². The number of allylic oxidation sites excluding steroid dienone is 1. The van der Waals surface area contributed by atoms with Crippen LogP contribution in [-0.4, -0.2) is 52.9 Å². The maximum Gasteiger partial charge on any atom is 0.416 e. The molecule has 43 heavy (non-hydrogen) atoms. The molecule has 1 fully saturated rings. The highest BCUT2D eigenvalue weighted by atomic mass is 35.5. The minimum absolute atomic E-state index is 0.00754. The van der Waals surface area contributed by atoms with E-state index < -0.39 is 58.6 Å². The third-order valence-corrected chi connectivity index (χ3v) is 6.77. The number of hydrogen-bond donors (Lipinski definition) is 2. The number of halogens is 7. The summed E-state index contributed by atoms with van der Waals surface area (Å²) in [5, 5.41) is 4.79. The van der Waals surface area contributed by atoms with Crippen LogP contribution < -0.4 is 11.6 Å². The minimum Gasteiger partial charge on any atom is -0.393 e. The molecular weight excluding hydrogens is 608 g/mol. The van der Waals surface area contributed by atoms with Crippen molar-refractivity contribution in [3.63, 3.8) is 0 Å². The molecule has 0 bridgehead atoms. The molecule has 0 spiro atoms. The Labute approximate surface area is 245 Å². The molecule has 1 aliphatic rings. The van der Waals surface area contributed by atoms with Crippen molar-refractivity contribution in [3.8, 4) is 11.3 Å². The average molecular weight is 632 g/mol. The van der Waals surface area contributed by atoms with Crippen LogP contribution in [0.1, 0.15) is 44.5 Å². The van der Waals surface area contributed by atoms with Gasteiger partial charge in [0.2, 0.25) is 11.5 Å². The maximum atomic E-state index is 13.9. The number of benzene rings is 2. The SMILES string of the molecule is CC(=O)c1onc(-c2ccccc2Cl)c1C(=O)/C(N)=C(/N(N)Cc1cc(C(F)(F)F)cc(C(F)(F)F)c1)N1CCOCC1. The lowest BCUT2D eigenvalue weighted by Gasteiger charge is -2.36.